The van der Waals surface area contributed by atoms with Gasteiger partial charge in [-0.2, -0.15) is 0 Å². The Morgan fingerprint density at radius 3 is 2.67 bits per heavy atom. The molecule has 0 heterocycles. The minimum absolute atomic E-state index is 0.236. The highest BCUT2D eigenvalue weighted by Gasteiger charge is 2.40. The second-order valence-electron chi connectivity index (χ2n) is 4.08. The highest BCUT2D eigenvalue weighted by molar-refractivity contribution is 5.86. The van der Waals surface area contributed by atoms with Crippen LogP contribution in [-0.4, -0.2) is 11.8 Å². The Morgan fingerprint density at radius 1 is 1.50 bits per heavy atom. The van der Waals surface area contributed by atoms with E-state index >= 15 is 0 Å². The van der Waals surface area contributed by atoms with E-state index in [0.717, 1.165) is 6.42 Å². The number of fused-ring (bicyclic) bond motifs is 2. The molecule has 0 spiro atoms. The standard InChI is InChI=1S/C10H15NO/c1-6(11)10(12)9-5-7-2-3-8(9)4-7/h2-3,6-9H,4-5,11H2,1H3. The second kappa shape index (κ2) is 2.70. The first kappa shape index (κ1) is 7.99. The van der Waals surface area contributed by atoms with Crippen LogP contribution in [0.4, 0.5) is 0 Å². The van der Waals surface area contributed by atoms with Crippen LogP contribution in [0.1, 0.15) is 19.8 Å². The van der Waals surface area contributed by atoms with Crippen molar-refractivity contribution < 1.29 is 4.79 Å². The second-order valence-corrected chi connectivity index (χ2v) is 4.08. The molecule has 1 saturated carbocycles. The highest BCUT2D eigenvalue weighted by Crippen LogP contribution is 2.43. The number of rotatable bonds is 2. The van der Waals surface area contributed by atoms with Crippen LogP contribution in [0.25, 0.3) is 0 Å². The van der Waals surface area contributed by atoms with Crippen molar-refractivity contribution >= 4 is 5.78 Å². The lowest BCUT2D eigenvalue weighted by Gasteiger charge is -2.18. The van der Waals surface area contributed by atoms with Crippen LogP contribution in [0.2, 0.25) is 0 Å². The molecule has 0 amide bonds. The van der Waals surface area contributed by atoms with Crippen molar-refractivity contribution in [3.63, 3.8) is 0 Å². The molecule has 2 rings (SSSR count). The van der Waals surface area contributed by atoms with Crippen LogP contribution >= 0.6 is 0 Å². The van der Waals surface area contributed by atoms with Crippen LogP contribution in [0.15, 0.2) is 12.2 Å². The summed E-state index contributed by atoms with van der Waals surface area (Å²) in [4.78, 5) is 11.6. The fraction of sp³-hybridized carbons (Fsp3) is 0.700. The SMILES string of the molecule is CC(N)C(=O)C1CC2C=CC1C2. The van der Waals surface area contributed by atoms with Gasteiger partial charge in [0.05, 0.1) is 6.04 Å². The summed E-state index contributed by atoms with van der Waals surface area (Å²) in [6.45, 7) is 1.79. The number of nitrogens with two attached hydrogens (primary N) is 1. The number of carbonyl (C=O) groups is 1. The van der Waals surface area contributed by atoms with Gasteiger partial charge in [-0.3, -0.25) is 4.79 Å². The molecule has 66 valence electrons. The number of Topliss-reactive ketones (excluding diaryl/α,β-unsaturated/α-hetero) is 1. The lowest BCUT2D eigenvalue weighted by molar-refractivity contribution is -0.124. The minimum Gasteiger partial charge on any atom is -0.322 e. The molecule has 0 radical (unpaired) electrons. The zero-order chi connectivity index (χ0) is 8.72. The molecule has 0 aliphatic heterocycles. The normalized spacial score (nSPS) is 40.3. The topological polar surface area (TPSA) is 43.1 Å². The average molecular weight is 165 g/mol. The molecule has 2 nitrogen and oxygen atoms in total. The molecule has 2 N–H and O–H groups in total. The Kier molecular flexibility index (Phi) is 1.80. The van der Waals surface area contributed by atoms with Crippen LogP contribution in [0.3, 0.4) is 0 Å². The van der Waals surface area contributed by atoms with E-state index in [4.69, 9.17) is 5.73 Å². The Bertz CT molecular complexity index is 232. The molecule has 0 aromatic heterocycles. The van der Waals surface area contributed by atoms with Gasteiger partial charge in [0.15, 0.2) is 5.78 Å². The average Bonchev–Trinajstić information content (AvgIpc) is 2.62. The Balaban J connectivity index is 2.08. The predicted molar refractivity (Wildman–Crippen MR) is 47.5 cm³/mol. The first-order chi connectivity index (χ1) is 5.68. The summed E-state index contributed by atoms with van der Waals surface area (Å²) in [7, 11) is 0. The van der Waals surface area contributed by atoms with E-state index < -0.39 is 0 Å². The summed E-state index contributed by atoms with van der Waals surface area (Å²) in [6.07, 6.45) is 6.67. The summed E-state index contributed by atoms with van der Waals surface area (Å²) in [5, 5.41) is 0. The molecule has 1 fully saturated rings. The molecule has 0 aromatic rings. The quantitative estimate of drug-likeness (QED) is 0.623. The fourth-order valence-electron chi connectivity index (χ4n) is 2.45. The molecule has 12 heavy (non-hydrogen) atoms. The van der Waals surface area contributed by atoms with Crippen molar-refractivity contribution in [2.45, 2.75) is 25.8 Å². The third-order valence-electron chi connectivity index (χ3n) is 3.09. The third-order valence-corrected chi connectivity index (χ3v) is 3.09. The van der Waals surface area contributed by atoms with Crippen LogP contribution < -0.4 is 5.73 Å². The minimum atomic E-state index is -0.275. The zero-order valence-corrected chi connectivity index (χ0v) is 7.36. The van der Waals surface area contributed by atoms with Crippen molar-refractivity contribution in [2.75, 3.05) is 0 Å². The highest BCUT2D eigenvalue weighted by atomic mass is 16.1. The van der Waals surface area contributed by atoms with Crippen LogP contribution in [-0.2, 0) is 4.79 Å². The van der Waals surface area contributed by atoms with Gasteiger partial charge in [0, 0.05) is 5.92 Å². The van der Waals surface area contributed by atoms with Crippen molar-refractivity contribution in [3.8, 4) is 0 Å². The summed E-state index contributed by atoms with van der Waals surface area (Å²) in [5.74, 6) is 1.67. The van der Waals surface area contributed by atoms with Gasteiger partial charge in [0.2, 0.25) is 0 Å². The number of ketones is 1. The number of hydrogen-bond acceptors (Lipinski definition) is 2. The molecular formula is C10H15NO. The molecule has 2 aliphatic carbocycles. The van der Waals surface area contributed by atoms with Crippen LogP contribution in [0.5, 0.6) is 0 Å². The maximum atomic E-state index is 11.6. The predicted octanol–water partition coefficient (Wildman–Crippen LogP) is 1.11. The van der Waals surface area contributed by atoms with Gasteiger partial charge < -0.3 is 5.73 Å². The van der Waals surface area contributed by atoms with Crippen molar-refractivity contribution in [1.82, 2.24) is 0 Å². The van der Waals surface area contributed by atoms with Gasteiger partial charge in [0.25, 0.3) is 0 Å². The van der Waals surface area contributed by atoms with Crippen LogP contribution in [0, 0.1) is 17.8 Å². The third kappa shape index (κ3) is 1.11. The van der Waals surface area contributed by atoms with Crippen molar-refractivity contribution in [3.05, 3.63) is 12.2 Å². The molecule has 2 bridgehead atoms. The largest absolute Gasteiger partial charge is 0.322 e. The summed E-state index contributed by atoms with van der Waals surface area (Å²) >= 11 is 0. The lowest BCUT2D eigenvalue weighted by Crippen LogP contribution is -2.34. The Labute approximate surface area is 72.8 Å². The van der Waals surface area contributed by atoms with Gasteiger partial charge in [0.1, 0.15) is 0 Å². The van der Waals surface area contributed by atoms with Gasteiger partial charge in [-0.25, -0.2) is 0 Å². The fourth-order valence-corrected chi connectivity index (χ4v) is 2.45. The molecule has 0 saturated heterocycles. The molecule has 4 unspecified atom stereocenters. The summed E-state index contributed by atoms with van der Waals surface area (Å²) in [6, 6.07) is -0.275. The van der Waals surface area contributed by atoms with Gasteiger partial charge in [-0.05, 0) is 31.6 Å². The monoisotopic (exact) mass is 165 g/mol. The van der Waals surface area contributed by atoms with E-state index in [1.807, 2.05) is 0 Å². The van der Waals surface area contributed by atoms with E-state index in [-0.39, 0.29) is 17.7 Å². The van der Waals surface area contributed by atoms with Crippen molar-refractivity contribution in [1.29, 1.82) is 0 Å². The molecule has 0 aromatic carbocycles. The number of carbonyl (C=O) groups excluding carboxylic acids is 1. The van der Waals surface area contributed by atoms with E-state index in [9.17, 15) is 4.79 Å². The van der Waals surface area contributed by atoms with E-state index in [1.165, 1.54) is 6.42 Å². The first-order valence-electron chi connectivity index (χ1n) is 4.66. The number of allylic oxidation sites excluding steroid dienone is 2. The maximum absolute atomic E-state index is 11.6. The van der Waals surface area contributed by atoms with E-state index in [0.29, 0.717) is 11.8 Å². The smallest absolute Gasteiger partial charge is 0.152 e. The molecule has 4 atom stereocenters. The first-order valence-corrected chi connectivity index (χ1v) is 4.66. The summed E-state index contributed by atoms with van der Waals surface area (Å²) < 4.78 is 0. The van der Waals surface area contributed by atoms with Gasteiger partial charge in [-0.15, -0.1) is 0 Å². The van der Waals surface area contributed by atoms with E-state index in [1.54, 1.807) is 6.92 Å². The number of hydrogen-bond donors (Lipinski definition) is 1. The lowest BCUT2D eigenvalue weighted by atomic mass is 9.87. The van der Waals surface area contributed by atoms with Gasteiger partial charge in [-0.1, -0.05) is 12.2 Å². The van der Waals surface area contributed by atoms with Gasteiger partial charge >= 0.3 is 0 Å². The van der Waals surface area contributed by atoms with E-state index in [2.05, 4.69) is 12.2 Å². The molecule has 2 aliphatic rings. The van der Waals surface area contributed by atoms with Crippen molar-refractivity contribution in [2.24, 2.45) is 23.5 Å². The maximum Gasteiger partial charge on any atom is 0.152 e. The molecular weight excluding hydrogens is 150 g/mol. The summed E-state index contributed by atoms with van der Waals surface area (Å²) in [5.41, 5.74) is 5.57. The zero-order valence-electron chi connectivity index (χ0n) is 7.36. The Morgan fingerprint density at radius 2 is 2.25 bits per heavy atom. The Hall–Kier alpha value is -0.630. The molecule has 2 heteroatoms.